The van der Waals surface area contributed by atoms with Crippen LogP contribution in [0.2, 0.25) is 0 Å². The molecule has 0 saturated heterocycles. The Labute approximate surface area is 121 Å². The normalized spacial score (nSPS) is 10.6. The number of aryl methyl sites for hydroxylation is 1. The van der Waals surface area contributed by atoms with Gasteiger partial charge in [-0.2, -0.15) is 0 Å². The first-order valence-corrected chi connectivity index (χ1v) is 6.64. The van der Waals surface area contributed by atoms with Crippen molar-refractivity contribution in [3.05, 3.63) is 58.7 Å². The van der Waals surface area contributed by atoms with Gasteiger partial charge in [0.2, 0.25) is 0 Å². The Kier molecular flexibility index (Phi) is 4.21. The van der Waals surface area contributed by atoms with Crippen LogP contribution in [-0.2, 0) is 13.0 Å². The van der Waals surface area contributed by atoms with Crippen LogP contribution in [0.1, 0.15) is 38.9 Å². The van der Waals surface area contributed by atoms with Crippen molar-refractivity contribution in [1.29, 1.82) is 0 Å². The molecule has 110 valence electrons. The van der Waals surface area contributed by atoms with E-state index in [2.05, 4.69) is 0 Å². The molecule has 0 fully saturated rings. The number of hydrogen-bond acceptors (Lipinski definition) is 2. The van der Waals surface area contributed by atoms with Crippen molar-refractivity contribution in [3.63, 3.8) is 0 Å². The standard InChI is InChI=1S/C16H16FNO3/c1-3-14-12(16(20)21)6-7-18(14)9-15(19)11-4-5-13(17)10(2)8-11/h4-8H,3,9H2,1-2H3,(H,20,21). The van der Waals surface area contributed by atoms with Crippen LogP contribution in [0.25, 0.3) is 0 Å². The van der Waals surface area contributed by atoms with E-state index >= 15 is 0 Å². The number of carbonyl (C=O) groups is 2. The summed E-state index contributed by atoms with van der Waals surface area (Å²) in [6.45, 7) is 3.48. The molecule has 4 nitrogen and oxygen atoms in total. The fourth-order valence-corrected chi connectivity index (χ4v) is 2.31. The van der Waals surface area contributed by atoms with E-state index in [0.717, 1.165) is 0 Å². The highest BCUT2D eigenvalue weighted by molar-refractivity contribution is 5.96. The third-order valence-electron chi connectivity index (χ3n) is 3.44. The topological polar surface area (TPSA) is 59.3 Å². The molecule has 0 radical (unpaired) electrons. The average molecular weight is 289 g/mol. The van der Waals surface area contributed by atoms with E-state index in [-0.39, 0.29) is 23.7 Å². The van der Waals surface area contributed by atoms with Crippen LogP contribution in [-0.4, -0.2) is 21.4 Å². The monoisotopic (exact) mass is 289 g/mol. The van der Waals surface area contributed by atoms with Gasteiger partial charge in [0.25, 0.3) is 0 Å². The smallest absolute Gasteiger partial charge is 0.337 e. The Balaban J connectivity index is 2.27. The van der Waals surface area contributed by atoms with Gasteiger partial charge in [0.05, 0.1) is 12.1 Å². The molecule has 1 N–H and O–H groups in total. The minimum atomic E-state index is -1.00. The first-order chi connectivity index (χ1) is 9.93. The number of rotatable bonds is 5. The molecule has 1 aromatic heterocycles. The van der Waals surface area contributed by atoms with E-state index in [4.69, 9.17) is 5.11 Å². The van der Waals surface area contributed by atoms with Crippen molar-refractivity contribution in [2.75, 3.05) is 0 Å². The molecular weight excluding hydrogens is 273 g/mol. The van der Waals surface area contributed by atoms with Gasteiger partial charge >= 0.3 is 5.97 Å². The van der Waals surface area contributed by atoms with Gasteiger partial charge < -0.3 is 9.67 Å². The summed E-state index contributed by atoms with van der Waals surface area (Å²) < 4.78 is 14.8. The SMILES string of the molecule is CCc1c(C(=O)O)ccn1CC(=O)c1ccc(F)c(C)c1. The third-order valence-corrected chi connectivity index (χ3v) is 3.44. The first-order valence-electron chi connectivity index (χ1n) is 6.64. The van der Waals surface area contributed by atoms with E-state index in [1.165, 1.54) is 24.3 Å². The van der Waals surface area contributed by atoms with Crippen molar-refractivity contribution in [2.45, 2.75) is 26.8 Å². The van der Waals surface area contributed by atoms with Crippen LogP contribution in [0.4, 0.5) is 4.39 Å². The van der Waals surface area contributed by atoms with Crippen LogP contribution >= 0.6 is 0 Å². The van der Waals surface area contributed by atoms with Crippen molar-refractivity contribution in [3.8, 4) is 0 Å². The second kappa shape index (κ2) is 5.91. The molecule has 1 heterocycles. The number of aromatic carboxylic acids is 1. The molecular formula is C16H16FNO3. The van der Waals surface area contributed by atoms with Crippen LogP contribution in [0.3, 0.4) is 0 Å². The average Bonchev–Trinajstić information content (AvgIpc) is 2.84. The van der Waals surface area contributed by atoms with Gasteiger partial charge in [-0.15, -0.1) is 0 Å². The van der Waals surface area contributed by atoms with E-state index in [9.17, 15) is 14.0 Å². The molecule has 0 atom stereocenters. The van der Waals surface area contributed by atoms with Gasteiger partial charge in [-0.1, -0.05) is 6.92 Å². The van der Waals surface area contributed by atoms with Crippen molar-refractivity contribution in [1.82, 2.24) is 4.57 Å². The van der Waals surface area contributed by atoms with Crippen LogP contribution in [0.15, 0.2) is 30.5 Å². The molecule has 0 aliphatic carbocycles. The van der Waals surface area contributed by atoms with Gasteiger partial charge in [-0.05, 0) is 43.2 Å². The predicted octanol–water partition coefficient (Wildman–Crippen LogP) is 3.08. The Hall–Kier alpha value is -2.43. The number of hydrogen-bond donors (Lipinski definition) is 1. The summed E-state index contributed by atoms with van der Waals surface area (Å²) in [4.78, 5) is 23.3. The summed E-state index contributed by atoms with van der Waals surface area (Å²) in [5, 5.41) is 9.09. The number of carboxylic acids is 1. The number of aromatic nitrogens is 1. The number of carboxylic acid groups (broad SMARTS) is 1. The quantitative estimate of drug-likeness (QED) is 0.860. The summed E-state index contributed by atoms with van der Waals surface area (Å²) in [5.74, 6) is -1.54. The molecule has 0 bridgehead atoms. The lowest BCUT2D eigenvalue weighted by molar-refractivity contribution is 0.0694. The number of halogens is 1. The molecule has 2 aromatic rings. The van der Waals surface area contributed by atoms with Gasteiger partial charge in [0.1, 0.15) is 5.82 Å². The predicted molar refractivity (Wildman–Crippen MR) is 76.2 cm³/mol. The van der Waals surface area contributed by atoms with E-state index in [1.54, 1.807) is 17.7 Å². The minimum absolute atomic E-state index is 0.0432. The highest BCUT2D eigenvalue weighted by Crippen LogP contribution is 2.15. The minimum Gasteiger partial charge on any atom is -0.478 e. The highest BCUT2D eigenvalue weighted by atomic mass is 19.1. The lowest BCUT2D eigenvalue weighted by atomic mass is 10.1. The Morgan fingerprint density at radius 1 is 1.29 bits per heavy atom. The molecule has 21 heavy (non-hydrogen) atoms. The molecule has 0 amide bonds. The van der Waals surface area contributed by atoms with E-state index in [1.807, 2.05) is 6.92 Å². The summed E-state index contributed by atoms with van der Waals surface area (Å²) in [7, 11) is 0. The lowest BCUT2D eigenvalue weighted by Crippen LogP contribution is -2.13. The fourth-order valence-electron chi connectivity index (χ4n) is 2.31. The molecule has 0 spiro atoms. The van der Waals surface area contributed by atoms with Gasteiger partial charge in [-0.3, -0.25) is 4.79 Å². The fraction of sp³-hybridized carbons (Fsp3) is 0.250. The van der Waals surface area contributed by atoms with Crippen LogP contribution in [0.5, 0.6) is 0 Å². The number of benzene rings is 1. The summed E-state index contributed by atoms with van der Waals surface area (Å²) >= 11 is 0. The summed E-state index contributed by atoms with van der Waals surface area (Å²) in [5.41, 5.74) is 1.65. The third kappa shape index (κ3) is 3.02. The van der Waals surface area contributed by atoms with Crippen molar-refractivity contribution < 1.29 is 19.1 Å². The molecule has 0 aliphatic heterocycles. The second-order valence-electron chi connectivity index (χ2n) is 4.85. The largest absolute Gasteiger partial charge is 0.478 e. The number of ketones is 1. The molecule has 5 heteroatoms. The Morgan fingerprint density at radius 2 is 2.00 bits per heavy atom. The zero-order valence-electron chi connectivity index (χ0n) is 11.9. The Bertz CT molecular complexity index is 704. The van der Waals surface area contributed by atoms with Crippen molar-refractivity contribution >= 4 is 11.8 Å². The maximum absolute atomic E-state index is 13.2. The Morgan fingerprint density at radius 3 is 2.57 bits per heavy atom. The number of nitrogens with zero attached hydrogens (tertiary/aromatic N) is 1. The van der Waals surface area contributed by atoms with Crippen molar-refractivity contribution in [2.24, 2.45) is 0 Å². The van der Waals surface area contributed by atoms with Crippen LogP contribution < -0.4 is 0 Å². The molecule has 2 rings (SSSR count). The second-order valence-corrected chi connectivity index (χ2v) is 4.85. The number of carbonyl (C=O) groups excluding carboxylic acids is 1. The first kappa shape index (κ1) is 15.0. The highest BCUT2D eigenvalue weighted by Gasteiger charge is 2.16. The van der Waals surface area contributed by atoms with Crippen LogP contribution in [0, 0.1) is 12.7 Å². The molecule has 0 saturated carbocycles. The van der Waals surface area contributed by atoms with E-state index < -0.39 is 5.97 Å². The van der Waals surface area contributed by atoms with E-state index in [0.29, 0.717) is 23.2 Å². The zero-order chi connectivity index (χ0) is 15.6. The summed E-state index contributed by atoms with van der Waals surface area (Å²) in [6, 6.07) is 5.70. The molecule has 0 aliphatic rings. The van der Waals surface area contributed by atoms with Gasteiger partial charge in [-0.25, -0.2) is 9.18 Å². The number of Topliss-reactive ketones (excluding diaryl/α,β-unsaturated/α-hetero) is 1. The molecule has 1 aromatic carbocycles. The summed E-state index contributed by atoms with van der Waals surface area (Å²) in [6.07, 6.45) is 2.11. The molecule has 0 unspecified atom stereocenters. The zero-order valence-corrected chi connectivity index (χ0v) is 11.9. The maximum atomic E-state index is 13.2. The van der Waals surface area contributed by atoms with Gasteiger partial charge in [0, 0.05) is 17.5 Å². The lowest BCUT2D eigenvalue weighted by Gasteiger charge is -2.09. The maximum Gasteiger partial charge on any atom is 0.337 e. The van der Waals surface area contributed by atoms with Gasteiger partial charge in [0.15, 0.2) is 5.78 Å².